The number of H-pyrrole nitrogens is 1. The number of likely N-dealkylation sites (tertiary alicyclic amines) is 1. The smallest absolute Gasteiger partial charge is 0.270 e. The Morgan fingerprint density at radius 3 is 2.69 bits per heavy atom. The molecule has 0 radical (unpaired) electrons. The number of hydrogen-bond acceptors (Lipinski definition) is 5. The Bertz CT molecular complexity index is 788. The number of thiazole rings is 1. The maximum absolute atomic E-state index is 12.4. The van der Waals surface area contributed by atoms with E-state index in [1.165, 1.54) is 11.3 Å². The lowest BCUT2D eigenvalue weighted by Crippen LogP contribution is -2.41. The average Bonchev–Trinajstić information content (AvgIpc) is 3.42. The summed E-state index contributed by atoms with van der Waals surface area (Å²) >= 11 is 1.48. The molecule has 2 aromatic heterocycles. The number of nitrogens with zero attached hydrogens (tertiary/aromatic N) is 3. The normalized spacial score (nSPS) is 17.7. The number of ether oxygens (including phenoxy) is 1. The first-order valence-corrected chi connectivity index (χ1v) is 9.86. The molecule has 0 saturated carbocycles. The molecule has 2 aliphatic heterocycles. The number of aromatic nitrogens is 2. The Labute approximate surface area is 156 Å². The van der Waals surface area contributed by atoms with E-state index in [4.69, 9.17) is 4.74 Å². The molecule has 2 aromatic rings. The average molecular weight is 374 g/mol. The highest BCUT2D eigenvalue weighted by Gasteiger charge is 2.22. The highest BCUT2D eigenvalue weighted by Crippen LogP contribution is 2.24. The van der Waals surface area contributed by atoms with Gasteiger partial charge < -0.3 is 19.5 Å². The maximum atomic E-state index is 12.4. The molecule has 2 fully saturated rings. The van der Waals surface area contributed by atoms with Crippen molar-refractivity contribution in [1.29, 1.82) is 0 Å². The van der Waals surface area contributed by atoms with Gasteiger partial charge in [-0.05, 0) is 18.9 Å². The lowest BCUT2D eigenvalue weighted by atomic mass is 10.2. The van der Waals surface area contributed by atoms with Gasteiger partial charge in [0.15, 0.2) is 0 Å². The quantitative estimate of drug-likeness (QED) is 0.885. The molecule has 8 heteroatoms. The van der Waals surface area contributed by atoms with Gasteiger partial charge in [-0.1, -0.05) is 0 Å². The Morgan fingerprint density at radius 2 is 1.92 bits per heavy atom. The first-order valence-electron chi connectivity index (χ1n) is 8.99. The number of rotatable bonds is 4. The van der Waals surface area contributed by atoms with Crippen molar-refractivity contribution in [3.63, 3.8) is 0 Å². The van der Waals surface area contributed by atoms with Crippen LogP contribution in [0.4, 0.5) is 0 Å². The van der Waals surface area contributed by atoms with E-state index in [0.29, 0.717) is 38.4 Å². The van der Waals surface area contributed by atoms with Gasteiger partial charge in [-0.15, -0.1) is 11.3 Å². The van der Waals surface area contributed by atoms with Crippen molar-refractivity contribution < 1.29 is 14.3 Å². The summed E-state index contributed by atoms with van der Waals surface area (Å²) in [6.45, 7) is 4.17. The number of hydrogen-bond donors (Lipinski definition) is 1. The first-order chi connectivity index (χ1) is 12.7. The van der Waals surface area contributed by atoms with E-state index >= 15 is 0 Å². The van der Waals surface area contributed by atoms with Gasteiger partial charge in [-0.3, -0.25) is 9.59 Å². The Morgan fingerprint density at radius 1 is 1.15 bits per heavy atom. The van der Waals surface area contributed by atoms with Crippen LogP contribution in [0.3, 0.4) is 0 Å². The minimum absolute atomic E-state index is 0.0479. The topological polar surface area (TPSA) is 78.5 Å². The fourth-order valence-corrected chi connectivity index (χ4v) is 4.13. The molecule has 0 aliphatic carbocycles. The highest BCUT2D eigenvalue weighted by molar-refractivity contribution is 7.10. The molecule has 0 atom stereocenters. The number of amides is 2. The van der Waals surface area contributed by atoms with Crippen molar-refractivity contribution in [2.24, 2.45) is 0 Å². The van der Waals surface area contributed by atoms with Crippen LogP contribution in [0.1, 0.15) is 28.3 Å². The van der Waals surface area contributed by atoms with Crippen LogP contribution in [0.25, 0.3) is 11.3 Å². The second-order valence-corrected chi connectivity index (χ2v) is 7.54. The van der Waals surface area contributed by atoms with Gasteiger partial charge in [0.2, 0.25) is 5.91 Å². The Kier molecular flexibility index (Phi) is 5.03. The third kappa shape index (κ3) is 3.66. The van der Waals surface area contributed by atoms with Crippen molar-refractivity contribution in [3.8, 4) is 11.3 Å². The number of morpholine rings is 1. The summed E-state index contributed by atoms with van der Waals surface area (Å²) in [6.07, 6.45) is 4.28. The molecule has 0 bridgehead atoms. The van der Waals surface area contributed by atoms with Crippen LogP contribution < -0.4 is 0 Å². The molecular formula is C18H22N4O3S. The van der Waals surface area contributed by atoms with E-state index < -0.39 is 0 Å². The molecule has 2 amide bonds. The van der Waals surface area contributed by atoms with Gasteiger partial charge in [0.1, 0.15) is 10.7 Å². The fourth-order valence-electron chi connectivity index (χ4n) is 3.33. The predicted molar refractivity (Wildman–Crippen MR) is 98.1 cm³/mol. The van der Waals surface area contributed by atoms with Crippen molar-refractivity contribution in [2.45, 2.75) is 19.3 Å². The zero-order valence-corrected chi connectivity index (χ0v) is 15.4. The van der Waals surface area contributed by atoms with E-state index in [1.807, 2.05) is 27.4 Å². The predicted octanol–water partition coefficient (Wildman–Crippen LogP) is 1.78. The monoisotopic (exact) mass is 374 g/mol. The number of carbonyl (C=O) groups excluding carboxylic acids is 2. The highest BCUT2D eigenvalue weighted by atomic mass is 32.1. The molecule has 0 spiro atoms. The summed E-state index contributed by atoms with van der Waals surface area (Å²) in [6, 6.07) is 1.85. The van der Waals surface area contributed by atoms with E-state index in [2.05, 4.69) is 9.97 Å². The molecule has 1 N–H and O–H groups in total. The minimum atomic E-state index is 0.0479. The first kappa shape index (κ1) is 17.2. The minimum Gasteiger partial charge on any atom is -0.378 e. The van der Waals surface area contributed by atoms with Crippen LogP contribution in [0.15, 0.2) is 17.6 Å². The summed E-state index contributed by atoms with van der Waals surface area (Å²) in [4.78, 5) is 36.1. The lowest BCUT2D eigenvalue weighted by molar-refractivity contribution is -0.134. The summed E-state index contributed by atoms with van der Waals surface area (Å²) in [7, 11) is 0. The summed E-state index contributed by atoms with van der Waals surface area (Å²) in [5.74, 6) is 0.139. The second kappa shape index (κ2) is 7.59. The second-order valence-electron chi connectivity index (χ2n) is 6.60. The molecule has 0 unspecified atom stereocenters. The van der Waals surface area contributed by atoms with Crippen molar-refractivity contribution in [2.75, 3.05) is 39.4 Å². The fraction of sp³-hybridized carbons (Fsp3) is 0.500. The largest absolute Gasteiger partial charge is 0.378 e. The van der Waals surface area contributed by atoms with E-state index in [0.717, 1.165) is 42.2 Å². The maximum Gasteiger partial charge on any atom is 0.270 e. The summed E-state index contributed by atoms with van der Waals surface area (Å²) in [5.41, 5.74) is 2.28. The summed E-state index contributed by atoms with van der Waals surface area (Å²) < 4.78 is 5.28. The van der Waals surface area contributed by atoms with Crippen LogP contribution in [0.5, 0.6) is 0 Å². The third-order valence-corrected chi connectivity index (χ3v) is 5.67. The van der Waals surface area contributed by atoms with Crippen LogP contribution in [-0.2, 0) is 16.0 Å². The van der Waals surface area contributed by atoms with E-state index in [9.17, 15) is 9.59 Å². The molecule has 7 nitrogen and oxygen atoms in total. The molecule has 0 aromatic carbocycles. The Hall–Kier alpha value is -2.19. The third-order valence-electron chi connectivity index (χ3n) is 4.82. The van der Waals surface area contributed by atoms with Crippen molar-refractivity contribution >= 4 is 23.2 Å². The van der Waals surface area contributed by atoms with Gasteiger partial charge >= 0.3 is 0 Å². The van der Waals surface area contributed by atoms with Crippen LogP contribution in [0, 0.1) is 0 Å². The van der Waals surface area contributed by atoms with Crippen LogP contribution >= 0.6 is 11.3 Å². The molecule has 138 valence electrons. The SMILES string of the molecule is O=C(Cc1nc(-c2c[nH]c(C(=O)N3CCCC3)c2)cs1)N1CCOCC1. The van der Waals surface area contributed by atoms with Gasteiger partial charge in [-0.25, -0.2) is 4.98 Å². The molecule has 26 heavy (non-hydrogen) atoms. The number of carbonyl (C=O) groups is 2. The molecular weight excluding hydrogens is 352 g/mol. The molecule has 2 saturated heterocycles. The summed E-state index contributed by atoms with van der Waals surface area (Å²) in [5, 5.41) is 2.74. The van der Waals surface area contributed by atoms with Gasteiger partial charge in [0.05, 0.1) is 25.3 Å². The Balaban J connectivity index is 1.41. The van der Waals surface area contributed by atoms with Crippen LogP contribution in [-0.4, -0.2) is 71.0 Å². The number of nitrogens with one attached hydrogen (secondary N) is 1. The zero-order valence-electron chi connectivity index (χ0n) is 14.6. The van der Waals surface area contributed by atoms with E-state index in [1.54, 1.807) is 0 Å². The van der Waals surface area contributed by atoms with Crippen molar-refractivity contribution in [1.82, 2.24) is 19.8 Å². The molecule has 4 rings (SSSR count). The standard InChI is InChI=1S/C18H22N4O3S/c23-17(21-5-7-25-8-6-21)10-16-20-15(12-26-16)13-9-14(19-11-13)18(24)22-3-1-2-4-22/h9,11-12,19H,1-8,10H2. The zero-order chi connectivity index (χ0) is 17.9. The number of aromatic amines is 1. The van der Waals surface area contributed by atoms with Gasteiger partial charge in [-0.2, -0.15) is 0 Å². The van der Waals surface area contributed by atoms with Crippen LogP contribution in [0.2, 0.25) is 0 Å². The van der Waals surface area contributed by atoms with Gasteiger partial charge in [0, 0.05) is 43.3 Å². The van der Waals surface area contributed by atoms with E-state index in [-0.39, 0.29) is 11.8 Å². The molecule has 2 aliphatic rings. The van der Waals surface area contributed by atoms with Crippen molar-refractivity contribution in [3.05, 3.63) is 28.3 Å². The van der Waals surface area contributed by atoms with Gasteiger partial charge in [0.25, 0.3) is 5.91 Å². The molecule has 4 heterocycles. The lowest BCUT2D eigenvalue weighted by Gasteiger charge is -2.26.